The average molecular weight is 391 g/mol. The third-order valence-electron chi connectivity index (χ3n) is 8.34. The van der Waals surface area contributed by atoms with Crippen LogP contribution in [0, 0.1) is 28.6 Å². The van der Waals surface area contributed by atoms with Crippen molar-refractivity contribution >= 4 is 11.9 Å². The number of allylic oxidation sites excluding steroid dienone is 2. The van der Waals surface area contributed by atoms with Crippen molar-refractivity contribution in [2.45, 2.75) is 77.7 Å². The minimum atomic E-state index is -1.26. The number of aliphatic hydroxyl groups is 1. The van der Waals surface area contributed by atoms with Gasteiger partial charge in [0.05, 0.1) is 6.10 Å². The summed E-state index contributed by atoms with van der Waals surface area (Å²) in [5.41, 5.74) is 2.54. The standard InChI is InChI=1S/C19H30O.C4H4O4/c1-18-11-4-3-5-13(18)6-7-14-15-8-9-17(20)19(15,2)12-10-16(14)18;5-3(6)1-2-4(7)8/h6,14-17,20H,3-5,7-12H2,1-2H3;1-2H,(H,5,6)(H,7,8)/t14-,15-,16-,17-,18-,19-;/m0./s1. The van der Waals surface area contributed by atoms with Gasteiger partial charge in [-0.1, -0.05) is 31.9 Å². The van der Waals surface area contributed by atoms with Gasteiger partial charge in [0.2, 0.25) is 0 Å². The van der Waals surface area contributed by atoms with Crippen LogP contribution in [0.15, 0.2) is 23.8 Å². The smallest absolute Gasteiger partial charge is 0.328 e. The number of aliphatic hydroxyl groups excluding tert-OH is 1. The minimum Gasteiger partial charge on any atom is -0.478 e. The highest BCUT2D eigenvalue weighted by Crippen LogP contribution is 2.64. The van der Waals surface area contributed by atoms with Crippen LogP contribution >= 0.6 is 0 Å². The van der Waals surface area contributed by atoms with Crippen LogP contribution < -0.4 is 0 Å². The molecule has 0 aromatic carbocycles. The predicted octanol–water partition coefficient (Wildman–Crippen LogP) is 4.41. The van der Waals surface area contributed by atoms with Crippen LogP contribution in [0.1, 0.15) is 71.6 Å². The van der Waals surface area contributed by atoms with Crippen molar-refractivity contribution in [1.29, 1.82) is 0 Å². The molecule has 0 aromatic rings. The maximum absolute atomic E-state index is 10.5. The summed E-state index contributed by atoms with van der Waals surface area (Å²) in [5.74, 6) is 0.0385. The number of hydrogen-bond donors (Lipinski definition) is 3. The van der Waals surface area contributed by atoms with Crippen molar-refractivity contribution in [1.82, 2.24) is 0 Å². The molecule has 0 unspecified atom stereocenters. The van der Waals surface area contributed by atoms with E-state index in [9.17, 15) is 14.7 Å². The summed E-state index contributed by atoms with van der Waals surface area (Å²) in [6, 6.07) is 0. The molecule has 6 atom stereocenters. The molecular weight excluding hydrogens is 356 g/mol. The van der Waals surface area contributed by atoms with Crippen LogP contribution in [0.4, 0.5) is 0 Å². The van der Waals surface area contributed by atoms with Crippen molar-refractivity contribution < 1.29 is 24.9 Å². The number of carboxylic acid groups (broad SMARTS) is 2. The van der Waals surface area contributed by atoms with Gasteiger partial charge in [0, 0.05) is 12.2 Å². The van der Waals surface area contributed by atoms with E-state index in [1.165, 1.54) is 51.4 Å². The molecule has 0 amide bonds. The van der Waals surface area contributed by atoms with Crippen molar-refractivity contribution in [3.8, 4) is 0 Å². The molecule has 3 saturated carbocycles. The zero-order valence-electron chi connectivity index (χ0n) is 17.1. The highest BCUT2D eigenvalue weighted by Gasteiger charge is 2.57. The van der Waals surface area contributed by atoms with Crippen molar-refractivity contribution in [2.24, 2.45) is 28.6 Å². The lowest BCUT2D eigenvalue weighted by atomic mass is 9.48. The fourth-order valence-corrected chi connectivity index (χ4v) is 6.81. The van der Waals surface area contributed by atoms with Gasteiger partial charge in [-0.3, -0.25) is 0 Å². The number of carboxylic acids is 2. The monoisotopic (exact) mass is 390 g/mol. The third kappa shape index (κ3) is 3.78. The van der Waals surface area contributed by atoms with Gasteiger partial charge in [-0.2, -0.15) is 0 Å². The number of rotatable bonds is 2. The first-order valence-electron chi connectivity index (χ1n) is 10.7. The number of carbonyl (C=O) groups is 2. The fourth-order valence-electron chi connectivity index (χ4n) is 6.81. The van der Waals surface area contributed by atoms with E-state index in [1.807, 2.05) is 0 Å². The first-order valence-corrected chi connectivity index (χ1v) is 10.7. The summed E-state index contributed by atoms with van der Waals surface area (Å²) in [4.78, 5) is 19.1. The molecule has 0 bridgehead atoms. The second-order valence-corrected chi connectivity index (χ2v) is 9.61. The fraction of sp³-hybridized carbons (Fsp3) is 0.739. The molecule has 4 aliphatic carbocycles. The Morgan fingerprint density at radius 3 is 2.32 bits per heavy atom. The van der Waals surface area contributed by atoms with E-state index < -0.39 is 11.9 Å². The topological polar surface area (TPSA) is 94.8 Å². The van der Waals surface area contributed by atoms with Gasteiger partial charge in [0.25, 0.3) is 0 Å². The molecule has 5 nitrogen and oxygen atoms in total. The Hall–Kier alpha value is -1.62. The van der Waals surface area contributed by atoms with E-state index in [0.717, 1.165) is 24.2 Å². The van der Waals surface area contributed by atoms with Crippen LogP contribution in [-0.2, 0) is 9.59 Å². The lowest BCUT2D eigenvalue weighted by Crippen LogP contribution is -2.50. The van der Waals surface area contributed by atoms with E-state index in [2.05, 4.69) is 19.9 Å². The van der Waals surface area contributed by atoms with E-state index in [-0.39, 0.29) is 11.5 Å². The molecule has 0 spiro atoms. The zero-order valence-corrected chi connectivity index (χ0v) is 17.1. The molecule has 0 radical (unpaired) electrons. The molecule has 3 N–H and O–H groups in total. The Kier molecular flexibility index (Phi) is 6.04. The Balaban J connectivity index is 0.000000242. The average Bonchev–Trinajstić information content (AvgIpc) is 2.95. The van der Waals surface area contributed by atoms with Gasteiger partial charge in [-0.15, -0.1) is 0 Å². The van der Waals surface area contributed by atoms with Gasteiger partial charge >= 0.3 is 11.9 Å². The summed E-state index contributed by atoms with van der Waals surface area (Å²) >= 11 is 0. The van der Waals surface area contributed by atoms with E-state index in [0.29, 0.717) is 17.6 Å². The van der Waals surface area contributed by atoms with Crippen molar-refractivity contribution in [3.05, 3.63) is 23.8 Å². The van der Waals surface area contributed by atoms with Gasteiger partial charge in [-0.05, 0) is 80.0 Å². The van der Waals surface area contributed by atoms with Crippen molar-refractivity contribution in [2.75, 3.05) is 0 Å². The van der Waals surface area contributed by atoms with Crippen LogP contribution in [-0.4, -0.2) is 33.4 Å². The Morgan fingerprint density at radius 2 is 1.68 bits per heavy atom. The van der Waals surface area contributed by atoms with Crippen LogP contribution in [0.2, 0.25) is 0 Å². The van der Waals surface area contributed by atoms with Crippen molar-refractivity contribution in [3.63, 3.8) is 0 Å². The van der Waals surface area contributed by atoms with Gasteiger partial charge in [0.15, 0.2) is 0 Å². The van der Waals surface area contributed by atoms with Gasteiger partial charge < -0.3 is 15.3 Å². The molecule has 0 aromatic heterocycles. The van der Waals surface area contributed by atoms with Crippen LogP contribution in [0.25, 0.3) is 0 Å². The first-order chi connectivity index (χ1) is 13.2. The maximum atomic E-state index is 10.5. The second-order valence-electron chi connectivity index (χ2n) is 9.61. The molecule has 3 fully saturated rings. The van der Waals surface area contributed by atoms with Crippen LogP contribution in [0.5, 0.6) is 0 Å². The Morgan fingerprint density at radius 1 is 1.00 bits per heavy atom. The maximum Gasteiger partial charge on any atom is 0.328 e. The SMILES string of the molecule is C[C@]12CC[C@H]3[C@@H](CC=C4CCCC[C@@]43C)[C@@H]1CC[C@@H]2O.O=C(O)C=CC(=O)O. The summed E-state index contributed by atoms with van der Waals surface area (Å²) < 4.78 is 0. The number of hydrogen-bond acceptors (Lipinski definition) is 3. The Bertz CT molecular complexity index is 664. The molecule has 0 saturated heterocycles. The number of aliphatic carboxylic acids is 2. The molecule has 4 rings (SSSR count). The quantitative estimate of drug-likeness (QED) is 0.479. The zero-order chi connectivity index (χ0) is 20.5. The normalized spacial score (nSPS) is 41.8. The molecule has 0 heterocycles. The molecule has 28 heavy (non-hydrogen) atoms. The third-order valence-corrected chi connectivity index (χ3v) is 8.34. The molecule has 0 aliphatic heterocycles. The van der Waals surface area contributed by atoms with E-state index >= 15 is 0 Å². The lowest BCUT2D eigenvalue weighted by molar-refractivity contribution is -0.134. The predicted molar refractivity (Wildman–Crippen MR) is 107 cm³/mol. The summed E-state index contributed by atoms with van der Waals surface area (Å²) in [6.07, 6.45) is 15.6. The van der Waals surface area contributed by atoms with Crippen LogP contribution in [0.3, 0.4) is 0 Å². The van der Waals surface area contributed by atoms with Gasteiger partial charge in [0.1, 0.15) is 0 Å². The van der Waals surface area contributed by atoms with E-state index in [4.69, 9.17) is 10.2 Å². The number of fused-ring (bicyclic) bond motifs is 5. The van der Waals surface area contributed by atoms with E-state index in [1.54, 1.807) is 5.57 Å². The molecular formula is C23H34O5. The summed E-state index contributed by atoms with van der Waals surface area (Å²) in [5, 5.41) is 26.1. The lowest BCUT2D eigenvalue weighted by Gasteiger charge is -2.57. The molecule has 4 aliphatic rings. The minimum absolute atomic E-state index is 0.0296. The van der Waals surface area contributed by atoms with Gasteiger partial charge in [-0.25, -0.2) is 9.59 Å². The highest BCUT2D eigenvalue weighted by molar-refractivity contribution is 5.89. The molecule has 156 valence electrons. The first kappa shape index (κ1) is 21.1. The summed E-state index contributed by atoms with van der Waals surface area (Å²) in [7, 11) is 0. The largest absolute Gasteiger partial charge is 0.478 e. The summed E-state index contributed by atoms with van der Waals surface area (Å²) in [6.45, 7) is 4.96. The second kappa shape index (κ2) is 8.02. The Labute approximate surface area is 167 Å². The highest BCUT2D eigenvalue weighted by atomic mass is 16.4. The molecule has 5 heteroatoms.